The van der Waals surface area contributed by atoms with Crippen LogP contribution in [0, 0.1) is 6.92 Å². The molecule has 5 heteroatoms. The number of fused-ring (bicyclic) bond motifs is 1. The first-order valence-electron chi connectivity index (χ1n) is 10.1. The first-order valence-corrected chi connectivity index (χ1v) is 10.5. The van der Waals surface area contributed by atoms with Gasteiger partial charge < -0.3 is 9.47 Å². The number of esters is 1. The van der Waals surface area contributed by atoms with Gasteiger partial charge in [0, 0.05) is 10.6 Å². The van der Waals surface area contributed by atoms with Crippen LogP contribution in [0.1, 0.15) is 65.2 Å². The van der Waals surface area contributed by atoms with E-state index < -0.39 is 5.97 Å². The number of hydrogen-bond donors (Lipinski definition) is 0. The Bertz CT molecular complexity index is 917. The van der Waals surface area contributed by atoms with Gasteiger partial charge in [0.2, 0.25) is 0 Å². The van der Waals surface area contributed by atoms with E-state index in [4.69, 9.17) is 21.1 Å². The summed E-state index contributed by atoms with van der Waals surface area (Å²) in [5.41, 5.74) is 4.95. The van der Waals surface area contributed by atoms with Crippen molar-refractivity contribution in [2.45, 2.75) is 52.4 Å². The molecular formula is C24H27ClO4. The summed E-state index contributed by atoms with van der Waals surface area (Å²) < 4.78 is 10.8. The van der Waals surface area contributed by atoms with Crippen molar-refractivity contribution in [2.75, 3.05) is 13.2 Å². The smallest absolute Gasteiger partial charge is 0.344 e. The Morgan fingerprint density at radius 1 is 1.03 bits per heavy atom. The third-order valence-electron chi connectivity index (χ3n) is 5.29. The fraction of sp³-hybridized carbons (Fsp3) is 0.417. The number of carbonyl (C=O) groups excluding carboxylic acids is 2. The number of hydrogen-bond acceptors (Lipinski definition) is 4. The number of rotatable bonds is 7. The summed E-state index contributed by atoms with van der Waals surface area (Å²) in [7, 11) is 0. The average Bonchev–Trinajstić information content (AvgIpc) is 2.71. The summed E-state index contributed by atoms with van der Waals surface area (Å²) in [6.07, 6.45) is 4.42. The molecule has 0 saturated heterocycles. The normalized spacial score (nSPS) is 13.1. The Morgan fingerprint density at radius 3 is 2.48 bits per heavy atom. The second kappa shape index (κ2) is 9.45. The van der Waals surface area contributed by atoms with E-state index >= 15 is 0 Å². The summed E-state index contributed by atoms with van der Waals surface area (Å²) in [6, 6.07) is 9.46. The van der Waals surface area contributed by atoms with Crippen LogP contribution in [0.4, 0.5) is 0 Å². The minimum absolute atomic E-state index is 0.197. The number of Topliss-reactive ketones (excluding diaryl/α,β-unsaturated/α-hetero) is 1. The van der Waals surface area contributed by atoms with Gasteiger partial charge in [-0.1, -0.05) is 37.6 Å². The molecule has 0 bridgehead atoms. The second-order valence-electron chi connectivity index (χ2n) is 7.86. The lowest BCUT2D eigenvalue weighted by Crippen LogP contribution is -2.20. The molecule has 154 valence electrons. The summed E-state index contributed by atoms with van der Waals surface area (Å²) in [5, 5.41) is 0.666. The summed E-state index contributed by atoms with van der Waals surface area (Å²) in [6.45, 7) is 5.41. The van der Waals surface area contributed by atoms with Crippen molar-refractivity contribution in [2.24, 2.45) is 0 Å². The highest BCUT2D eigenvalue weighted by atomic mass is 35.5. The van der Waals surface area contributed by atoms with Crippen LogP contribution in [-0.2, 0) is 22.4 Å². The maximum absolute atomic E-state index is 12.4. The predicted octanol–water partition coefficient (Wildman–Crippen LogP) is 5.46. The van der Waals surface area contributed by atoms with Gasteiger partial charge in [0.05, 0.1) is 0 Å². The van der Waals surface area contributed by atoms with Gasteiger partial charge in [0.1, 0.15) is 5.75 Å². The highest BCUT2D eigenvalue weighted by molar-refractivity contribution is 6.31. The van der Waals surface area contributed by atoms with E-state index in [1.807, 2.05) is 51.1 Å². The van der Waals surface area contributed by atoms with Gasteiger partial charge >= 0.3 is 5.97 Å². The molecule has 2 aromatic rings. The molecule has 0 heterocycles. The number of benzene rings is 2. The van der Waals surface area contributed by atoms with E-state index in [0.29, 0.717) is 16.3 Å². The third kappa shape index (κ3) is 5.39. The van der Waals surface area contributed by atoms with E-state index in [0.717, 1.165) is 30.4 Å². The van der Waals surface area contributed by atoms with Crippen molar-refractivity contribution in [1.82, 2.24) is 0 Å². The minimum atomic E-state index is -0.571. The molecule has 1 aliphatic carbocycles. The Kier molecular flexibility index (Phi) is 6.96. The van der Waals surface area contributed by atoms with Gasteiger partial charge in [-0.3, -0.25) is 4.79 Å². The van der Waals surface area contributed by atoms with Crippen molar-refractivity contribution in [1.29, 1.82) is 0 Å². The van der Waals surface area contributed by atoms with Crippen LogP contribution in [0.15, 0.2) is 30.3 Å². The third-order valence-corrected chi connectivity index (χ3v) is 5.70. The lowest BCUT2D eigenvalue weighted by molar-refractivity contribution is -0.144. The molecule has 29 heavy (non-hydrogen) atoms. The minimum Gasteiger partial charge on any atom is -0.482 e. The van der Waals surface area contributed by atoms with Crippen molar-refractivity contribution in [3.63, 3.8) is 0 Å². The maximum Gasteiger partial charge on any atom is 0.344 e. The van der Waals surface area contributed by atoms with E-state index in [2.05, 4.69) is 0 Å². The van der Waals surface area contributed by atoms with Gasteiger partial charge in [-0.05, 0) is 79.0 Å². The molecule has 3 rings (SSSR count). The molecule has 0 radical (unpaired) electrons. The zero-order chi connectivity index (χ0) is 21.0. The number of ketones is 1. The Morgan fingerprint density at radius 2 is 1.76 bits per heavy atom. The molecule has 0 atom stereocenters. The number of halogens is 1. The maximum atomic E-state index is 12.4. The van der Waals surface area contributed by atoms with Crippen molar-refractivity contribution >= 4 is 23.4 Å². The van der Waals surface area contributed by atoms with Crippen molar-refractivity contribution < 1.29 is 19.1 Å². The first-order chi connectivity index (χ1) is 13.8. The molecule has 1 aliphatic rings. The van der Waals surface area contributed by atoms with Gasteiger partial charge in [0.15, 0.2) is 19.0 Å². The monoisotopic (exact) mass is 414 g/mol. The SMILES string of the molecule is Cc1cc(OCC(=O)OCC(=O)c2ccc3c(c2)CCCC3)c(C(C)C)cc1Cl. The predicted molar refractivity (Wildman–Crippen MR) is 114 cm³/mol. The van der Waals surface area contributed by atoms with E-state index in [1.54, 1.807) is 0 Å². The van der Waals surface area contributed by atoms with E-state index in [9.17, 15) is 9.59 Å². The first kappa shape index (κ1) is 21.4. The van der Waals surface area contributed by atoms with Crippen LogP contribution in [0.25, 0.3) is 0 Å². The Labute approximate surface area is 177 Å². The Balaban J connectivity index is 1.55. The fourth-order valence-corrected chi connectivity index (χ4v) is 3.73. The molecule has 0 N–H and O–H groups in total. The summed E-state index contributed by atoms with van der Waals surface area (Å²) >= 11 is 6.19. The lowest BCUT2D eigenvalue weighted by Gasteiger charge is -2.16. The zero-order valence-corrected chi connectivity index (χ0v) is 18.0. The number of carbonyl (C=O) groups is 2. The lowest BCUT2D eigenvalue weighted by atomic mass is 9.90. The number of ether oxygens (including phenoxy) is 2. The van der Waals surface area contributed by atoms with Gasteiger partial charge in [-0.25, -0.2) is 4.79 Å². The van der Waals surface area contributed by atoms with Crippen LogP contribution in [0.3, 0.4) is 0 Å². The van der Waals surface area contributed by atoms with E-state index in [-0.39, 0.29) is 24.9 Å². The number of aryl methyl sites for hydroxylation is 3. The van der Waals surface area contributed by atoms with Gasteiger partial charge in [0.25, 0.3) is 0 Å². The molecule has 0 saturated carbocycles. The van der Waals surface area contributed by atoms with Crippen LogP contribution >= 0.6 is 11.6 Å². The summed E-state index contributed by atoms with van der Waals surface area (Å²) in [4.78, 5) is 24.5. The second-order valence-corrected chi connectivity index (χ2v) is 8.26. The summed E-state index contributed by atoms with van der Waals surface area (Å²) in [5.74, 6) is 0.0418. The average molecular weight is 415 g/mol. The highest BCUT2D eigenvalue weighted by Gasteiger charge is 2.16. The Hall–Kier alpha value is -2.33. The van der Waals surface area contributed by atoms with Gasteiger partial charge in [-0.2, -0.15) is 0 Å². The molecule has 0 spiro atoms. The zero-order valence-electron chi connectivity index (χ0n) is 17.2. The topological polar surface area (TPSA) is 52.6 Å². The van der Waals surface area contributed by atoms with Crippen LogP contribution in [0.2, 0.25) is 5.02 Å². The molecule has 0 unspecified atom stereocenters. The van der Waals surface area contributed by atoms with Crippen LogP contribution in [-0.4, -0.2) is 25.0 Å². The van der Waals surface area contributed by atoms with Crippen molar-refractivity contribution in [3.05, 3.63) is 63.2 Å². The molecule has 0 aliphatic heterocycles. The van der Waals surface area contributed by atoms with E-state index in [1.165, 1.54) is 17.5 Å². The molecule has 0 amide bonds. The standard InChI is InChI=1S/C24H27ClO4/c1-15(2)20-12-21(25)16(3)10-23(20)28-14-24(27)29-13-22(26)19-9-8-17-6-4-5-7-18(17)11-19/h8-12,15H,4-7,13-14H2,1-3H3. The largest absolute Gasteiger partial charge is 0.482 e. The molecule has 2 aromatic carbocycles. The fourth-order valence-electron chi connectivity index (χ4n) is 3.56. The highest BCUT2D eigenvalue weighted by Crippen LogP contribution is 2.32. The molecule has 0 fully saturated rings. The van der Waals surface area contributed by atoms with Crippen molar-refractivity contribution in [3.8, 4) is 5.75 Å². The van der Waals surface area contributed by atoms with Gasteiger partial charge in [-0.15, -0.1) is 0 Å². The molecular weight excluding hydrogens is 388 g/mol. The molecule has 4 nitrogen and oxygen atoms in total. The van der Waals surface area contributed by atoms with Crippen LogP contribution < -0.4 is 4.74 Å². The molecule has 0 aromatic heterocycles. The quantitative estimate of drug-likeness (QED) is 0.446. The van der Waals surface area contributed by atoms with Crippen LogP contribution in [0.5, 0.6) is 5.75 Å².